The molecule has 1 aliphatic rings. The van der Waals surface area contributed by atoms with Gasteiger partial charge in [0.15, 0.2) is 16.7 Å². The van der Waals surface area contributed by atoms with Crippen LogP contribution in [0.3, 0.4) is 0 Å². The van der Waals surface area contributed by atoms with Gasteiger partial charge in [0, 0.05) is 10.6 Å². The number of halogens is 1. The van der Waals surface area contributed by atoms with E-state index in [2.05, 4.69) is 10.3 Å². The fraction of sp³-hybridized carbons (Fsp3) is 0.200. The van der Waals surface area contributed by atoms with Crippen LogP contribution in [-0.4, -0.2) is 32.4 Å². The molecule has 2 aromatic carbocycles. The van der Waals surface area contributed by atoms with Crippen LogP contribution in [0.4, 0.5) is 5.69 Å². The second-order valence-electron chi connectivity index (χ2n) is 5.79. The molecule has 0 saturated carbocycles. The molecule has 1 aliphatic heterocycles. The number of hydrogen-bond acceptors (Lipinski definition) is 6. The molecule has 1 saturated heterocycles. The number of amidine groups is 1. The smallest absolute Gasteiger partial charge is 0.264 e. The van der Waals surface area contributed by atoms with E-state index in [0.717, 1.165) is 5.56 Å². The molecule has 28 heavy (non-hydrogen) atoms. The van der Waals surface area contributed by atoms with E-state index in [1.807, 2.05) is 19.1 Å². The second-order valence-corrected chi connectivity index (χ2v) is 7.23. The number of benzene rings is 2. The number of hydrogen-bond donors (Lipinski definition) is 1. The van der Waals surface area contributed by atoms with Crippen LogP contribution in [-0.2, 0) is 4.79 Å². The molecular formula is C20H19ClN2O4S. The molecule has 146 valence electrons. The number of rotatable bonds is 5. The van der Waals surface area contributed by atoms with Gasteiger partial charge in [0.05, 0.1) is 31.9 Å². The summed E-state index contributed by atoms with van der Waals surface area (Å²) in [6.45, 7) is 1.88. The molecule has 0 aliphatic carbocycles. The van der Waals surface area contributed by atoms with E-state index in [-0.39, 0.29) is 5.91 Å². The molecule has 0 aromatic heterocycles. The lowest BCUT2D eigenvalue weighted by Crippen LogP contribution is -2.19. The molecule has 8 heteroatoms. The molecule has 6 nitrogen and oxygen atoms in total. The van der Waals surface area contributed by atoms with Crippen LogP contribution < -0.4 is 19.5 Å². The van der Waals surface area contributed by atoms with Crippen molar-refractivity contribution in [1.82, 2.24) is 5.32 Å². The first kappa shape index (κ1) is 20.1. The predicted octanol–water partition coefficient (Wildman–Crippen LogP) is 4.57. The van der Waals surface area contributed by atoms with Gasteiger partial charge < -0.3 is 19.5 Å². The largest absolute Gasteiger partial charge is 0.493 e. The highest BCUT2D eigenvalue weighted by molar-refractivity contribution is 8.18. The minimum Gasteiger partial charge on any atom is -0.493 e. The number of amides is 1. The summed E-state index contributed by atoms with van der Waals surface area (Å²) in [4.78, 5) is 17.4. The van der Waals surface area contributed by atoms with Gasteiger partial charge in [-0.3, -0.25) is 4.79 Å². The average Bonchev–Trinajstić information content (AvgIpc) is 3.03. The topological polar surface area (TPSA) is 69.2 Å². The van der Waals surface area contributed by atoms with Gasteiger partial charge in [0.1, 0.15) is 0 Å². The number of ether oxygens (including phenoxy) is 3. The number of carbonyl (C=O) groups is 1. The van der Waals surface area contributed by atoms with E-state index in [0.29, 0.717) is 43.6 Å². The van der Waals surface area contributed by atoms with Crippen LogP contribution in [0.5, 0.6) is 17.2 Å². The maximum atomic E-state index is 12.4. The van der Waals surface area contributed by atoms with Crippen LogP contribution >= 0.6 is 23.4 Å². The van der Waals surface area contributed by atoms with Gasteiger partial charge in [-0.05, 0) is 54.6 Å². The van der Waals surface area contributed by atoms with Crippen molar-refractivity contribution in [2.24, 2.45) is 4.99 Å². The monoisotopic (exact) mass is 418 g/mol. The Morgan fingerprint density at radius 2 is 1.82 bits per heavy atom. The molecule has 0 spiro atoms. The van der Waals surface area contributed by atoms with Gasteiger partial charge in [0.2, 0.25) is 5.75 Å². The molecule has 1 heterocycles. The zero-order chi connectivity index (χ0) is 20.3. The predicted molar refractivity (Wildman–Crippen MR) is 113 cm³/mol. The van der Waals surface area contributed by atoms with Crippen molar-refractivity contribution in [3.8, 4) is 17.2 Å². The van der Waals surface area contributed by atoms with Gasteiger partial charge >= 0.3 is 0 Å². The Morgan fingerprint density at radius 3 is 2.50 bits per heavy atom. The number of methoxy groups -OCH3 is 3. The summed E-state index contributed by atoms with van der Waals surface area (Å²) in [5.74, 6) is 1.26. The van der Waals surface area contributed by atoms with Crippen LogP contribution in [0.2, 0.25) is 5.02 Å². The highest BCUT2D eigenvalue weighted by Gasteiger charge is 2.25. The van der Waals surface area contributed by atoms with Gasteiger partial charge in [-0.2, -0.15) is 0 Å². The molecule has 0 unspecified atom stereocenters. The summed E-state index contributed by atoms with van der Waals surface area (Å²) in [7, 11) is 4.62. The maximum absolute atomic E-state index is 12.4. The number of carbonyl (C=O) groups excluding carboxylic acids is 1. The third-order valence-corrected chi connectivity index (χ3v) is 5.45. The quantitative estimate of drug-likeness (QED) is 0.720. The zero-order valence-corrected chi connectivity index (χ0v) is 17.4. The van der Waals surface area contributed by atoms with E-state index in [9.17, 15) is 4.79 Å². The Morgan fingerprint density at radius 1 is 1.07 bits per heavy atom. The third-order valence-electron chi connectivity index (χ3n) is 4.13. The lowest BCUT2D eigenvalue weighted by molar-refractivity contribution is -0.115. The van der Waals surface area contributed by atoms with Crippen molar-refractivity contribution in [3.05, 3.63) is 51.4 Å². The first-order valence-corrected chi connectivity index (χ1v) is 9.51. The summed E-state index contributed by atoms with van der Waals surface area (Å²) in [5.41, 5.74) is 2.25. The highest BCUT2D eigenvalue weighted by atomic mass is 35.5. The first-order valence-electron chi connectivity index (χ1n) is 8.32. The minimum atomic E-state index is -0.236. The molecule has 1 N–H and O–H groups in total. The van der Waals surface area contributed by atoms with Gasteiger partial charge in [-0.25, -0.2) is 4.99 Å². The number of aliphatic imine (C=N–C) groups is 1. The van der Waals surface area contributed by atoms with Crippen molar-refractivity contribution in [2.75, 3.05) is 21.3 Å². The summed E-state index contributed by atoms with van der Waals surface area (Å²) < 4.78 is 16.2. The number of thioether (sulfide) groups is 1. The Kier molecular flexibility index (Phi) is 6.16. The van der Waals surface area contributed by atoms with Crippen LogP contribution in [0, 0.1) is 6.92 Å². The summed E-state index contributed by atoms with van der Waals surface area (Å²) in [6, 6.07) is 9.03. The molecule has 3 rings (SSSR count). The first-order chi connectivity index (χ1) is 13.5. The Balaban J connectivity index is 1.95. The van der Waals surface area contributed by atoms with Crippen molar-refractivity contribution >= 4 is 46.2 Å². The van der Waals surface area contributed by atoms with Gasteiger partial charge in [0.25, 0.3) is 5.91 Å². The normalized spacial score (nSPS) is 16.4. The molecule has 0 radical (unpaired) electrons. The Labute approximate surface area is 172 Å². The highest BCUT2D eigenvalue weighted by Crippen LogP contribution is 2.41. The average molecular weight is 419 g/mol. The fourth-order valence-electron chi connectivity index (χ4n) is 2.69. The van der Waals surface area contributed by atoms with Gasteiger partial charge in [-0.1, -0.05) is 17.7 Å². The number of nitrogens with zero attached hydrogens (tertiary/aromatic N) is 1. The molecule has 0 bridgehead atoms. The molecule has 0 atom stereocenters. The van der Waals surface area contributed by atoms with Crippen LogP contribution in [0.25, 0.3) is 6.08 Å². The van der Waals surface area contributed by atoms with Crippen molar-refractivity contribution in [3.63, 3.8) is 0 Å². The van der Waals surface area contributed by atoms with E-state index in [1.54, 1.807) is 31.4 Å². The number of nitrogens with one attached hydrogen (secondary N) is 1. The Bertz CT molecular complexity index is 988. The van der Waals surface area contributed by atoms with Crippen LogP contribution in [0.15, 0.2) is 40.2 Å². The third kappa shape index (κ3) is 3.95. The van der Waals surface area contributed by atoms with E-state index < -0.39 is 0 Å². The van der Waals surface area contributed by atoms with Gasteiger partial charge in [-0.15, -0.1) is 0 Å². The van der Waals surface area contributed by atoms with E-state index >= 15 is 0 Å². The zero-order valence-electron chi connectivity index (χ0n) is 15.8. The molecule has 1 amide bonds. The minimum absolute atomic E-state index is 0.236. The van der Waals surface area contributed by atoms with Crippen molar-refractivity contribution < 1.29 is 19.0 Å². The van der Waals surface area contributed by atoms with Crippen molar-refractivity contribution in [1.29, 1.82) is 0 Å². The summed E-state index contributed by atoms with van der Waals surface area (Å²) in [5, 5.41) is 3.89. The summed E-state index contributed by atoms with van der Waals surface area (Å²) >= 11 is 7.39. The van der Waals surface area contributed by atoms with E-state index in [4.69, 9.17) is 25.8 Å². The summed E-state index contributed by atoms with van der Waals surface area (Å²) in [6.07, 6.45) is 1.73. The molecule has 1 fully saturated rings. The Hall–Kier alpha value is -2.64. The van der Waals surface area contributed by atoms with E-state index in [1.165, 1.54) is 26.0 Å². The SMILES string of the molecule is COc1ccc(C=C2SC(=Nc3cccc(Cl)c3C)NC2=O)c(OC)c1OC. The lowest BCUT2D eigenvalue weighted by Gasteiger charge is -2.14. The fourth-order valence-corrected chi connectivity index (χ4v) is 3.68. The maximum Gasteiger partial charge on any atom is 0.264 e. The van der Waals surface area contributed by atoms with Crippen LogP contribution in [0.1, 0.15) is 11.1 Å². The lowest BCUT2D eigenvalue weighted by atomic mass is 10.1. The molecular weight excluding hydrogens is 400 g/mol. The standard InChI is InChI=1S/C20H19ClN2O4S/c1-11-13(21)6-5-7-14(11)22-20-23-19(24)16(28-20)10-12-8-9-15(25-2)18(27-4)17(12)26-3/h5-10H,1-4H3,(H,22,23,24). The molecule has 2 aromatic rings. The second kappa shape index (κ2) is 8.58. The van der Waals surface area contributed by atoms with Crippen molar-refractivity contribution in [2.45, 2.75) is 6.92 Å².